The van der Waals surface area contributed by atoms with E-state index < -0.39 is 10.8 Å². The van der Waals surface area contributed by atoms with Crippen LogP contribution in [0.5, 0.6) is 5.75 Å². The molecule has 0 spiro atoms. The number of nitrogen functional groups attached to an aromatic ring is 1. The molecule has 1 aromatic rings. The topological polar surface area (TPSA) is 81.4 Å². The van der Waals surface area contributed by atoms with Crippen LogP contribution in [0.4, 0.5) is 11.4 Å². The average molecular weight is 298 g/mol. The maximum absolute atomic E-state index is 11.9. The third-order valence-corrected chi connectivity index (χ3v) is 4.67. The smallest absolute Gasteiger partial charge is 0.225 e. The highest BCUT2D eigenvalue weighted by atomic mass is 32.2. The molecule has 0 aliphatic carbocycles. The number of carbonyl (C=O) groups is 1. The van der Waals surface area contributed by atoms with Crippen LogP contribution >= 0.6 is 0 Å². The van der Waals surface area contributed by atoms with Crippen molar-refractivity contribution in [3.05, 3.63) is 18.2 Å². The second-order valence-corrected chi connectivity index (χ2v) is 7.74. The predicted octanol–water partition coefficient (Wildman–Crippen LogP) is 2.15. The molecular formula is C14H22N2O3S. The van der Waals surface area contributed by atoms with Gasteiger partial charge in [0, 0.05) is 33.8 Å². The molecule has 0 saturated carbocycles. The lowest BCUT2D eigenvalue weighted by molar-refractivity contribution is -0.115. The van der Waals surface area contributed by atoms with E-state index in [4.69, 9.17) is 10.5 Å². The van der Waals surface area contributed by atoms with Crippen LogP contribution in [-0.2, 0) is 15.6 Å². The van der Waals surface area contributed by atoms with E-state index in [0.717, 1.165) is 0 Å². The number of ether oxygens (including phenoxy) is 1. The lowest BCUT2D eigenvalue weighted by Crippen LogP contribution is -2.26. The van der Waals surface area contributed by atoms with Crippen molar-refractivity contribution < 1.29 is 13.7 Å². The Bertz CT molecular complexity index is 510. The van der Waals surface area contributed by atoms with Crippen LogP contribution < -0.4 is 15.8 Å². The number of rotatable bonds is 5. The number of hydrogen-bond acceptors (Lipinski definition) is 4. The SMILES string of the molecule is COc1ccc(NC(=O)CCS(=O)C(C)(C)C)c(N)c1. The van der Waals surface area contributed by atoms with Crippen LogP contribution in [0.3, 0.4) is 0 Å². The molecule has 3 N–H and O–H groups in total. The zero-order valence-corrected chi connectivity index (χ0v) is 13.2. The summed E-state index contributed by atoms with van der Waals surface area (Å²) in [6.07, 6.45) is 0.204. The summed E-state index contributed by atoms with van der Waals surface area (Å²) in [6.45, 7) is 5.67. The standard InChI is InChI=1S/C14H22N2O3S/c1-14(2,3)20(18)8-7-13(17)16-12-6-5-10(19-4)9-11(12)15/h5-6,9H,7-8,15H2,1-4H3,(H,16,17). The van der Waals surface area contributed by atoms with Crippen LogP contribution in [0, 0.1) is 0 Å². The molecule has 1 aromatic carbocycles. The Hall–Kier alpha value is -1.56. The predicted molar refractivity (Wildman–Crippen MR) is 83.4 cm³/mol. The maximum Gasteiger partial charge on any atom is 0.225 e. The van der Waals surface area contributed by atoms with Gasteiger partial charge < -0.3 is 15.8 Å². The summed E-state index contributed by atoms with van der Waals surface area (Å²) in [4.78, 5) is 11.8. The molecule has 0 saturated heterocycles. The number of nitrogens with one attached hydrogen (secondary N) is 1. The Balaban J connectivity index is 2.57. The summed E-state index contributed by atoms with van der Waals surface area (Å²) in [6, 6.07) is 5.05. The van der Waals surface area contributed by atoms with Crippen molar-refractivity contribution in [1.82, 2.24) is 0 Å². The largest absolute Gasteiger partial charge is 0.497 e. The number of amides is 1. The molecule has 1 atom stereocenters. The van der Waals surface area contributed by atoms with E-state index in [1.165, 1.54) is 0 Å². The Morgan fingerprint density at radius 2 is 2.05 bits per heavy atom. The van der Waals surface area contributed by atoms with E-state index >= 15 is 0 Å². The van der Waals surface area contributed by atoms with Gasteiger partial charge in [-0.15, -0.1) is 0 Å². The molecule has 0 fully saturated rings. The van der Waals surface area contributed by atoms with Gasteiger partial charge in [0.15, 0.2) is 0 Å². The Morgan fingerprint density at radius 3 is 2.55 bits per heavy atom. The Morgan fingerprint density at radius 1 is 1.40 bits per heavy atom. The monoisotopic (exact) mass is 298 g/mol. The van der Waals surface area contributed by atoms with E-state index in [1.54, 1.807) is 25.3 Å². The molecule has 20 heavy (non-hydrogen) atoms. The van der Waals surface area contributed by atoms with Crippen molar-refractivity contribution in [3.8, 4) is 5.75 Å². The van der Waals surface area contributed by atoms with Crippen LogP contribution in [0.15, 0.2) is 18.2 Å². The summed E-state index contributed by atoms with van der Waals surface area (Å²) >= 11 is 0. The van der Waals surface area contributed by atoms with Gasteiger partial charge in [0.2, 0.25) is 5.91 Å². The third kappa shape index (κ3) is 4.85. The van der Waals surface area contributed by atoms with E-state index in [9.17, 15) is 9.00 Å². The summed E-state index contributed by atoms with van der Waals surface area (Å²) in [5.41, 5.74) is 6.79. The van der Waals surface area contributed by atoms with Crippen LogP contribution in [0.1, 0.15) is 27.2 Å². The molecule has 5 nitrogen and oxygen atoms in total. The summed E-state index contributed by atoms with van der Waals surface area (Å²) in [5.74, 6) is 0.777. The average Bonchev–Trinajstić information content (AvgIpc) is 2.37. The highest BCUT2D eigenvalue weighted by Gasteiger charge is 2.20. The first-order valence-corrected chi connectivity index (χ1v) is 7.68. The van der Waals surface area contributed by atoms with Crippen molar-refractivity contribution in [3.63, 3.8) is 0 Å². The fourth-order valence-corrected chi connectivity index (χ4v) is 2.47. The Labute approximate surface area is 122 Å². The van der Waals surface area contributed by atoms with E-state index in [2.05, 4.69) is 5.32 Å². The first kappa shape index (κ1) is 16.5. The minimum absolute atomic E-state index is 0.195. The fraction of sp³-hybridized carbons (Fsp3) is 0.500. The third-order valence-electron chi connectivity index (χ3n) is 2.73. The van der Waals surface area contributed by atoms with Gasteiger partial charge in [-0.1, -0.05) is 0 Å². The molecular weight excluding hydrogens is 276 g/mol. The minimum atomic E-state index is -1.04. The highest BCUT2D eigenvalue weighted by Crippen LogP contribution is 2.24. The first-order valence-electron chi connectivity index (χ1n) is 6.36. The fourth-order valence-electron chi connectivity index (χ4n) is 1.49. The number of nitrogens with two attached hydrogens (primary N) is 1. The van der Waals surface area contributed by atoms with Gasteiger partial charge >= 0.3 is 0 Å². The summed E-state index contributed by atoms with van der Waals surface area (Å²) < 4.78 is 16.6. The molecule has 0 aliphatic rings. The van der Waals surface area contributed by atoms with Crippen molar-refractivity contribution in [2.45, 2.75) is 31.9 Å². The second-order valence-electron chi connectivity index (χ2n) is 5.41. The van der Waals surface area contributed by atoms with E-state index in [1.807, 2.05) is 20.8 Å². The van der Waals surface area contributed by atoms with Gasteiger partial charge in [0.05, 0.1) is 18.5 Å². The maximum atomic E-state index is 11.9. The summed E-state index contributed by atoms with van der Waals surface area (Å²) in [5, 5.41) is 2.71. The number of anilines is 2. The van der Waals surface area contributed by atoms with Crippen molar-refractivity contribution in [2.24, 2.45) is 0 Å². The Kier molecular flexibility index (Phi) is 5.56. The van der Waals surface area contributed by atoms with Crippen LogP contribution in [0.2, 0.25) is 0 Å². The lowest BCUT2D eigenvalue weighted by atomic mass is 10.2. The molecule has 0 radical (unpaired) electrons. The van der Waals surface area contributed by atoms with Gasteiger partial charge in [-0.3, -0.25) is 9.00 Å². The molecule has 1 amide bonds. The van der Waals surface area contributed by atoms with E-state index in [-0.39, 0.29) is 17.1 Å². The van der Waals surface area contributed by atoms with Gasteiger partial charge in [0.1, 0.15) is 5.75 Å². The highest BCUT2D eigenvalue weighted by molar-refractivity contribution is 7.86. The number of hydrogen-bond donors (Lipinski definition) is 2. The van der Waals surface area contributed by atoms with Gasteiger partial charge in [0.25, 0.3) is 0 Å². The number of methoxy groups -OCH3 is 1. The second kappa shape index (κ2) is 6.74. The number of benzene rings is 1. The van der Waals surface area contributed by atoms with E-state index in [0.29, 0.717) is 22.9 Å². The zero-order valence-electron chi connectivity index (χ0n) is 12.4. The normalized spacial score (nSPS) is 12.8. The van der Waals surface area contributed by atoms with Crippen molar-refractivity contribution >= 4 is 28.1 Å². The van der Waals surface area contributed by atoms with Gasteiger partial charge in [-0.2, -0.15) is 0 Å². The van der Waals surface area contributed by atoms with Crippen LogP contribution in [0.25, 0.3) is 0 Å². The molecule has 1 rings (SSSR count). The van der Waals surface area contributed by atoms with Crippen molar-refractivity contribution in [2.75, 3.05) is 23.9 Å². The van der Waals surface area contributed by atoms with Gasteiger partial charge in [-0.05, 0) is 32.9 Å². The molecule has 1 unspecified atom stereocenters. The molecule has 6 heteroatoms. The molecule has 0 aromatic heterocycles. The number of carbonyl (C=O) groups excluding carboxylic acids is 1. The van der Waals surface area contributed by atoms with Crippen molar-refractivity contribution in [1.29, 1.82) is 0 Å². The summed E-state index contributed by atoms with van der Waals surface area (Å²) in [7, 11) is 0.512. The van der Waals surface area contributed by atoms with Gasteiger partial charge in [-0.25, -0.2) is 0 Å². The first-order chi connectivity index (χ1) is 9.24. The molecule has 0 heterocycles. The molecule has 0 aliphatic heterocycles. The molecule has 112 valence electrons. The quantitative estimate of drug-likeness (QED) is 0.816. The lowest BCUT2D eigenvalue weighted by Gasteiger charge is -2.17. The molecule has 0 bridgehead atoms. The van der Waals surface area contributed by atoms with Crippen LogP contribution in [-0.4, -0.2) is 27.7 Å². The zero-order chi connectivity index (χ0) is 15.3. The minimum Gasteiger partial charge on any atom is -0.497 e.